The molecule has 0 amide bonds. The summed E-state index contributed by atoms with van der Waals surface area (Å²) < 4.78 is 26.7. The minimum atomic E-state index is -3.54. The van der Waals surface area contributed by atoms with Gasteiger partial charge in [-0.25, -0.2) is 13.4 Å². The lowest BCUT2D eigenvalue weighted by atomic mass is 10.2. The molecule has 1 saturated heterocycles. The van der Waals surface area contributed by atoms with Gasteiger partial charge in [0.05, 0.1) is 5.02 Å². The first kappa shape index (κ1) is 15.9. The molecule has 1 aromatic heterocycles. The van der Waals surface area contributed by atoms with Gasteiger partial charge < -0.3 is 5.32 Å². The van der Waals surface area contributed by atoms with E-state index >= 15 is 0 Å². The number of sulfonamides is 1. The zero-order valence-corrected chi connectivity index (χ0v) is 14.1. The molecule has 0 atom stereocenters. The number of aromatic nitrogens is 1. The molecular formula is C12H18ClN3O2S2. The molecule has 1 aliphatic heterocycles. The van der Waals surface area contributed by atoms with Crippen LogP contribution in [0.25, 0.3) is 0 Å². The summed E-state index contributed by atoms with van der Waals surface area (Å²) in [4.78, 5) is 4.18. The zero-order chi connectivity index (χ0) is 15.0. The zero-order valence-electron chi connectivity index (χ0n) is 11.7. The summed E-state index contributed by atoms with van der Waals surface area (Å²) in [7, 11) is -1.85. The molecule has 2 heterocycles. The van der Waals surface area contributed by atoms with Gasteiger partial charge in [0.2, 0.25) is 10.0 Å². The number of halogens is 1. The molecule has 0 aromatic carbocycles. The number of pyridine rings is 1. The summed E-state index contributed by atoms with van der Waals surface area (Å²) in [6.07, 6.45) is 1.35. The molecular weight excluding hydrogens is 318 g/mol. The summed E-state index contributed by atoms with van der Waals surface area (Å²) in [6.45, 7) is 5.11. The van der Waals surface area contributed by atoms with Gasteiger partial charge in [0, 0.05) is 36.8 Å². The lowest BCUT2D eigenvalue weighted by Crippen LogP contribution is -2.46. The predicted molar refractivity (Wildman–Crippen MR) is 84.1 cm³/mol. The minimum Gasteiger partial charge on any atom is -0.372 e. The maximum Gasteiger partial charge on any atom is 0.244 e. The predicted octanol–water partition coefficient (Wildman–Crippen LogP) is 2.29. The summed E-state index contributed by atoms with van der Waals surface area (Å²) in [5.74, 6) is 1.27. The fraction of sp³-hybridized carbons (Fsp3) is 0.583. The van der Waals surface area contributed by atoms with Crippen LogP contribution in [-0.2, 0) is 10.0 Å². The Morgan fingerprint density at radius 3 is 2.75 bits per heavy atom. The Labute approximate surface area is 129 Å². The second-order valence-electron chi connectivity index (χ2n) is 5.20. The average Bonchev–Trinajstić information content (AvgIpc) is 2.37. The highest BCUT2D eigenvalue weighted by atomic mass is 35.5. The van der Waals surface area contributed by atoms with Gasteiger partial charge in [0.15, 0.2) is 0 Å². The van der Waals surface area contributed by atoms with Gasteiger partial charge in [-0.3, -0.25) is 0 Å². The third-order valence-electron chi connectivity index (χ3n) is 3.08. The third kappa shape index (κ3) is 3.21. The lowest BCUT2D eigenvalue weighted by Gasteiger charge is -2.36. The average molecular weight is 336 g/mol. The van der Waals surface area contributed by atoms with E-state index in [-0.39, 0.29) is 9.64 Å². The molecule has 0 bridgehead atoms. The highest BCUT2D eigenvalue weighted by Gasteiger charge is 2.35. The molecule has 1 aliphatic rings. The van der Waals surface area contributed by atoms with Gasteiger partial charge in [-0.1, -0.05) is 11.6 Å². The van der Waals surface area contributed by atoms with Crippen molar-refractivity contribution in [2.75, 3.05) is 31.2 Å². The fourth-order valence-electron chi connectivity index (χ4n) is 2.07. The molecule has 0 aliphatic carbocycles. The molecule has 0 spiro atoms. The van der Waals surface area contributed by atoms with Gasteiger partial charge >= 0.3 is 0 Å². The van der Waals surface area contributed by atoms with Crippen molar-refractivity contribution in [3.63, 3.8) is 0 Å². The maximum absolute atomic E-state index is 12.6. The quantitative estimate of drug-likeness (QED) is 0.918. The molecule has 0 radical (unpaired) electrons. The molecule has 8 heteroatoms. The van der Waals surface area contributed by atoms with Crippen LogP contribution in [0.3, 0.4) is 0 Å². The van der Waals surface area contributed by atoms with Gasteiger partial charge in [-0.05, 0) is 19.9 Å². The highest BCUT2D eigenvalue weighted by Crippen LogP contribution is 2.33. The van der Waals surface area contributed by atoms with Crippen LogP contribution in [0, 0.1) is 0 Å². The van der Waals surface area contributed by atoms with Crippen LogP contribution in [0.5, 0.6) is 0 Å². The van der Waals surface area contributed by atoms with E-state index in [4.69, 9.17) is 11.6 Å². The summed E-state index contributed by atoms with van der Waals surface area (Å²) in [5, 5.41) is 3.12. The Morgan fingerprint density at radius 2 is 2.20 bits per heavy atom. The number of anilines is 1. The molecule has 0 unspecified atom stereocenters. The largest absolute Gasteiger partial charge is 0.372 e. The van der Waals surface area contributed by atoms with Crippen molar-refractivity contribution in [1.82, 2.24) is 9.29 Å². The number of hydrogen-bond donors (Lipinski definition) is 1. The van der Waals surface area contributed by atoms with Gasteiger partial charge in [-0.15, -0.1) is 0 Å². The van der Waals surface area contributed by atoms with E-state index in [9.17, 15) is 8.42 Å². The van der Waals surface area contributed by atoms with Crippen molar-refractivity contribution in [1.29, 1.82) is 0 Å². The Bertz CT molecular complexity index is 605. The van der Waals surface area contributed by atoms with Crippen molar-refractivity contribution >= 4 is 39.2 Å². The SMILES string of the molecule is CNc1ncc(S(=O)(=O)N2CCSC(C)(C)C2)cc1Cl. The van der Waals surface area contributed by atoms with E-state index in [1.165, 1.54) is 16.6 Å². The molecule has 2 rings (SSSR count). The second kappa shape index (κ2) is 5.71. The molecule has 1 aromatic rings. The molecule has 20 heavy (non-hydrogen) atoms. The first-order chi connectivity index (χ1) is 9.26. The van der Waals surface area contributed by atoms with Crippen molar-refractivity contribution in [2.24, 2.45) is 0 Å². The third-order valence-corrected chi connectivity index (χ3v) is 6.48. The van der Waals surface area contributed by atoms with Crippen LogP contribution in [0.4, 0.5) is 5.82 Å². The monoisotopic (exact) mass is 335 g/mol. The van der Waals surface area contributed by atoms with Crippen LogP contribution in [0.15, 0.2) is 17.2 Å². The van der Waals surface area contributed by atoms with E-state index in [1.54, 1.807) is 18.8 Å². The topological polar surface area (TPSA) is 62.3 Å². The van der Waals surface area contributed by atoms with E-state index < -0.39 is 10.0 Å². The van der Waals surface area contributed by atoms with Crippen LogP contribution in [0.1, 0.15) is 13.8 Å². The van der Waals surface area contributed by atoms with Crippen LogP contribution >= 0.6 is 23.4 Å². The Balaban J connectivity index is 2.33. The van der Waals surface area contributed by atoms with E-state index in [2.05, 4.69) is 24.1 Å². The smallest absolute Gasteiger partial charge is 0.244 e. The molecule has 5 nitrogen and oxygen atoms in total. The first-order valence-corrected chi connectivity index (χ1v) is 9.04. The molecule has 1 N–H and O–H groups in total. The van der Waals surface area contributed by atoms with Crippen molar-refractivity contribution in [3.05, 3.63) is 17.3 Å². The van der Waals surface area contributed by atoms with E-state index in [1.807, 2.05) is 0 Å². The number of hydrogen-bond acceptors (Lipinski definition) is 5. The summed E-state index contributed by atoms with van der Waals surface area (Å²) in [6, 6.07) is 1.45. The molecule has 1 fully saturated rings. The van der Waals surface area contributed by atoms with E-state index in [0.29, 0.717) is 23.9 Å². The number of nitrogens with one attached hydrogen (secondary N) is 1. The first-order valence-electron chi connectivity index (χ1n) is 6.24. The summed E-state index contributed by atoms with van der Waals surface area (Å²) in [5.41, 5.74) is 0. The van der Waals surface area contributed by atoms with Crippen LogP contribution < -0.4 is 5.32 Å². The van der Waals surface area contributed by atoms with Crippen molar-refractivity contribution < 1.29 is 8.42 Å². The van der Waals surface area contributed by atoms with Crippen LogP contribution in [-0.4, -0.2) is 48.3 Å². The van der Waals surface area contributed by atoms with Crippen molar-refractivity contribution in [3.8, 4) is 0 Å². The normalized spacial score (nSPS) is 19.8. The van der Waals surface area contributed by atoms with Crippen LogP contribution in [0.2, 0.25) is 5.02 Å². The lowest BCUT2D eigenvalue weighted by molar-refractivity contribution is 0.387. The Morgan fingerprint density at radius 1 is 1.50 bits per heavy atom. The summed E-state index contributed by atoms with van der Waals surface area (Å²) >= 11 is 7.81. The maximum atomic E-state index is 12.6. The number of rotatable bonds is 3. The van der Waals surface area contributed by atoms with E-state index in [0.717, 1.165) is 5.75 Å². The van der Waals surface area contributed by atoms with Gasteiger partial charge in [-0.2, -0.15) is 16.1 Å². The standard InChI is InChI=1S/C12H18ClN3O2S2/c1-12(2)8-16(4-5-19-12)20(17,18)9-6-10(13)11(14-3)15-7-9/h6-7H,4-5,8H2,1-3H3,(H,14,15). The molecule has 112 valence electrons. The van der Waals surface area contributed by atoms with Crippen molar-refractivity contribution in [2.45, 2.75) is 23.5 Å². The molecule has 0 saturated carbocycles. The highest BCUT2D eigenvalue weighted by molar-refractivity contribution is 8.00. The Hall–Kier alpha value is -0.500. The number of thioether (sulfide) groups is 1. The second-order valence-corrected chi connectivity index (χ2v) is 9.35. The fourth-order valence-corrected chi connectivity index (χ4v) is 5.28. The van der Waals surface area contributed by atoms with Gasteiger partial charge in [0.25, 0.3) is 0 Å². The minimum absolute atomic E-state index is 0.0759. The van der Waals surface area contributed by atoms with Gasteiger partial charge in [0.1, 0.15) is 10.7 Å². The number of nitrogens with zero attached hydrogens (tertiary/aromatic N) is 2. The Kier molecular flexibility index (Phi) is 4.53.